The molecule has 1 amide bonds. The van der Waals surface area contributed by atoms with Crippen LogP contribution >= 0.6 is 0 Å². The summed E-state index contributed by atoms with van der Waals surface area (Å²) in [4.78, 5) is 12.8. The van der Waals surface area contributed by atoms with Gasteiger partial charge in [-0.3, -0.25) is 4.79 Å². The van der Waals surface area contributed by atoms with Crippen LogP contribution < -0.4 is 4.90 Å². The van der Waals surface area contributed by atoms with Gasteiger partial charge in [-0.15, -0.1) is 0 Å². The molecule has 0 saturated carbocycles. The van der Waals surface area contributed by atoms with Crippen molar-refractivity contribution in [2.75, 3.05) is 18.6 Å². The molecule has 1 aliphatic heterocycles. The van der Waals surface area contributed by atoms with Gasteiger partial charge in [-0.05, 0) is 17.2 Å². The molecule has 0 fully saturated rings. The van der Waals surface area contributed by atoms with Crippen LogP contribution in [0, 0.1) is 5.82 Å². The number of rotatable bonds is 2. The van der Waals surface area contributed by atoms with E-state index in [9.17, 15) is 9.18 Å². The molecule has 1 N–H and O–H groups in total. The average Bonchev–Trinajstić information content (AvgIpc) is 2.54. The number of benzene rings is 1. The molecule has 1 heterocycles. The van der Waals surface area contributed by atoms with E-state index in [1.807, 2.05) is 6.92 Å². The number of anilines is 1. The number of hydrogen-bond donors (Lipinski definition) is 1. The molecular formula is C12H14FNO2. The number of aliphatic hydroxyl groups is 1. The van der Waals surface area contributed by atoms with E-state index in [-0.39, 0.29) is 30.7 Å². The van der Waals surface area contributed by atoms with Crippen LogP contribution in [0.5, 0.6) is 0 Å². The van der Waals surface area contributed by atoms with Crippen LogP contribution in [0.25, 0.3) is 0 Å². The number of amides is 1. The van der Waals surface area contributed by atoms with Crippen LogP contribution in [0.2, 0.25) is 0 Å². The fraction of sp³-hybridized carbons (Fsp3) is 0.417. The van der Waals surface area contributed by atoms with Gasteiger partial charge in [-0.1, -0.05) is 13.0 Å². The van der Waals surface area contributed by atoms with Gasteiger partial charge in [0.25, 0.3) is 0 Å². The zero-order chi connectivity index (χ0) is 11.9. The molecule has 1 aromatic rings. The normalized spacial score (nSPS) is 16.5. The van der Waals surface area contributed by atoms with Crippen molar-refractivity contribution in [1.29, 1.82) is 0 Å². The van der Waals surface area contributed by atoms with E-state index in [2.05, 4.69) is 0 Å². The van der Waals surface area contributed by atoms with Gasteiger partial charge in [0.2, 0.25) is 5.91 Å². The molecule has 0 aliphatic carbocycles. The van der Waals surface area contributed by atoms with Gasteiger partial charge in [0, 0.05) is 19.6 Å². The summed E-state index contributed by atoms with van der Waals surface area (Å²) in [6.07, 6.45) is 0.245. The Bertz CT molecular complexity index is 445. The second-order valence-electron chi connectivity index (χ2n) is 4.22. The Kier molecular flexibility index (Phi) is 2.68. The van der Waals surface area contributed by atoms with E-state index < -0.39 is 0 Å². The maximum absolute atomic E-state index is 13.8. The number of carbonyl (C=O) groups is 1. The lowest BCUT2D eigenvalue weighted by Gasteiger charge is -2.14. The maximum atomic E-state index is 13.8. The molecule has 0 aromatic heterocycles. The number of nitrogens with zero attached hydrogens (tertiary/aromatic N) is 1. The molecule has 1 atom stereocenters. The first kappa shape index (κ1) is 11.1. The highest BCUT2D eigenvalue weighted by atomic mass is 19.1. The lowest BCUT2D eigenvalue weighted by atomic mass is 9.98. The first-order chi connectivity index (χ1) is 7.54. The molecule has 1 aliphatic rings. The first-order valence-corrected chi connectivity index (χ1v) is 5.24. The Balaban J connectivity index is 2.49. The van der Waals surface area contributed by atoms with Crippen molar-refractivity contribution in [3.05, 3.63) is 29.1 Å². The highest BCUT2D eigenvalue weighted by Crippen LogP contribution is 2.33. The van der Waals surface area contributed by atoms with Crippen molar-refractivity contribution >= 4 is 11.6 Å². The fourth-order valence-electron chi connectivity index (χ4n) is 1.99. The van der Waals surface area contributed by atoms with Crippen LogP contribution in [0.1, 0.15) is 24.0 Å². The minimum absolute atomic E-state index is 0.0258. The summed E-state index contributed by atoms with van der Waals surface area (Å²) in [5.41, 5.74) is 1.82. The number of halogens is 1. The highest BCUT2D eigenvalue weighted by molar-refractivity contribution is 6.01. The Morgan fingerprint density at radius 3 is 2.88 bits per heavy atom. The monoisotopic (exact) mass is 223 g/mol. The van der Waals surface area contributed by atoms with E-state index in [1.54, 1.807) is 13.1 Å². The summed E-state index contributed by atoms with van der Waals surface area (Å²) in [5.74, 6) is -0.593. The van der Waals surface area contributed by atoms with Crippen LogP contribution in [0.15, 0.2) is 12.1 Å². The summed E-state index contributed by atoms with van der Waals surface area (Å²) in [5, 5.41) is 9.03. The number of hydrogen-bond acceptors (Lipinski definition) is 2. The van der Waals surface area contributed by atoms with Crippen LogP contribution in [-0.4, -0.2) is 24.7 Å². The van der Waals surface area contributed by atoms with Gasteiger partial charge in [-0.2, -0.15) is 0 Å². The predicted molar refractivity (Wildman–Crippen MR) is 59.0 cm³/mol. The molecule has 0 saturated heterocycles. The summed E-state index contributed by atoms with van der Waals surface area (Å²) >= 11 is 0. The lowest BCUT2D eigenvalue weighted by Crippen LogP contribution is -2.21. The van der Waals surface area contributed by atoms with Crippen molar-refractivity contribution in [2.24, 2.45) is 0 Å². The van der Waals surface area contributed by atoms with Crippen molar-refractivity contribution < 1.29 is 14.3 Å². The standard InChI is InChI=1S/C12H14FNO2/c1-7(6-15)8-3-9-5-11(16)14(2)12(9)10(13)4-8/h3-4,7,15H,5-6H2,1-2H3. The molecule has 16 heavy (non-hydrogen) atoms. The summed E-state index contributed by atoms with van der Waals surface area (Å²) < 4.78 is 13.8. The number of aliphatic hydroxyl groups excluding tert-OH is 1. The zero-order valence-corrected chi connectivity index (χ0v) is 9.33. The van der Waals surface area contributed by atoms with Crippen molar-refractivity contribution in [3.8, 4) is 0 Å². The Labute approximate surface area is 93.5 Å². The number of carbonyl (C=O) groups excluding carboxylic acids is 1. The van der Waals surface area contributed by atoms with Gasteiger partial charge >= 0.3 is 0 Å². The summed E-state index contributed by atoms with van der Waals surface area (Å²) in [7, 11) is 1.58. The van der Waals surface area contributed by atoms with Gasteiger partial charge in [-0.25, -0.2) is 4.39 Å². The third kappa shape index (κ3) is 1.59. The molecule has 4 heteroatoms. The van der Waals surface area contributed by atoms with Crippen LogP contribution in [0.4, 0.5) is 10.1 Å². The minimum atomic E-state index is -0.388. The molecule has 86 valence electrons. The van der Waals surface area contributed by atoms with Crippen molar-refractivity contribution in [2.45, 2.75) is 19.3 Å². The Morgan fingerprint density at radius 1 is 1.56 bits per heavy atom. The average molecular weight is 223 g/mol. The molecule has 1 unspecified atom stereocenters. The third-order valence-electron chi connectivity index (χ3n) is 3.06. The van der Waals surface area contributed by atoms with Gasteiger partial charge < -0.3 is 10.0 Å². The quantitative estimate of drug-likeness (QED) is 0.824. The number of likely N-dealkylation sites (N-methyl/N-ethyl adjacent to an activating group) is 1. The highest BCUT2D eigenvalue weighted by Gasteiger charge is 2.28. The van der Waals surface area contributed by atoms with E-state index in [0.717, 1.165) is 5.56 Å². The topological polar surface area (TPSA) is 40.5 Å². The molecule has 2 rings (SSSR count). The largest absolute Gasteiger partial charge is 0.396 e. The first-order valence-electron chi connectivity index (χ1n) is 5.24. The molecular weight excluding hydrogens is 209 g/mol. The van der Waals surface area contributed by atoms with E-state index in [0.29, 0.717) is 11.3 Å². The van der Waals surface area contributed by atoms with Crippen molar-refractivity contribution in [3.63, 3.8) is 0 Å². The lowest BCUT2D eigenvalue weighted by molar-refractivity contribution is -0.117. The second kappa shape index (κ2) is 3.87. The Hall–Kier alpha value is -1.42. The van der Waals surface area contributed by atoms with E-state index in [4.69, 9.17) is 5.11 Å². The van der Waals surface area contributed by atoms with Gasteiger partial charge in [0.05, 0.1) is 12.1 Å². The van der Waals surface area contributed by atoms with Gasteiger partial charge in [0.1, 0.15) is 5.82 Å². The third-order valence-corrected chi connectivity index (χ3v) is 3.06. The van der Waals surface area contributed by atoms with Crippen molar-refractivity contribution in [1.82, 2.24) is 0 Å². The molecule has 0 bridgehead atoms. The predicted octanol–water partition coefficient (Wildman–Crippen LogP) is 1.44. The number of fused-ring (bicyclic) bond motifs is 1. The molecule has 3 nitrogen and oxygen atoms in total. The summed E-state index contributed by atoms with van der Waals surface area (Å²) in [6.45, 7) is 1.80. The van der Waals surface area contributed by atoms with Crippen LogP contribution in [0.3, 0.4) is 0 Å². The summed E-state index contributed by atoms with van der Waals surface area (Å²) in [6, 6.07) is 3.20. The Morgan fingerprint density at radius 2 is 2.25 bits per heavy atom. The zero-order valence-electron chi connectivity index (χ0n) is 9.33. The molecule has 1 aromatic carbocycles. The smallest absolute Gasteiger partial charge is 0.231 e. The van der Waals surface area contributed by atoms with E-state index in [1.165, 1.54) is 11.0 Å². The molecule has 0 radical (unpaired) electrons. The molecule has 0 spiro atoms. The maximum Gasteiger partial charge on any atom is 0.231 e. The second-order valence-corrected chi connectivity index (χ2v) is 4.22. The SMILES string of the molecule is CC(CO)c1cc(F)c2c(c1)CC(=O)N2C. The van der Waals surface area contributed by atoms with E-state index >= 15 is 0 Å². The fourth-order valence-corrected chi connectivity index (χ4v) is 1.99. The van der Waals surface area contributed by atoms with Gasteiger partial charge in [0.15, 0.2) is 0 Å². The minimum Gasteiger partial charge on any atom is -0.396 e. The van der Waals surface area contributed by atoms with Crippen LogP contribution in [-0.2, 0) is 11.2 Å².